The number of anilines is 1. The molecule has 3 atom stereocenters. The van der Waals surface area contributed by atoms with Gasteiger partial charge >= 0.3 is 0 Å². The van der Waals surface area contributed by atoms with Gasteiger partial charge in [0.1, 0.15) is 12.0 Å². The number of ketones is 1. The highest BCUT2D eigenvalue weighted by atomic mass is 32.2. The molecule has 9 heteroatoms. The molecule has 2 heterocycles. The maximum Gasteiger partial charge on any atom is 0.200 e. The second-order valence-electron chi connectivity index (χ2n) is 12.4. The number of rotatable bonds is 6. The number of aromatic nitrogens is 1. The lowest BCUT2D eigenvalue weighted by molar-refractivity contribution is -0.126. The van der Waals surface area contributed by atoms with E-state index in [1.807, 2.05) is 45.0 Å². The predicted octanol–water partition coefficient (Wildman–Crippen LogP) is 5.99. The molecule has 5 rings (SSSR count). The Morgan fingerprint density at radius 1 is 1.24 bits per heavy atom. The van der Waals surface area contributed by atoms with Gasteiger partial charge in [0.25, 0.3) is 0 Å². The summed E-state index contributed by atoms with van der Waals surface area (Å²) in [5, 5.41) is 9.54. The average molecular weight is 541 g/mol. The van der Waals surface area contributed by atoms with Crippen LogP contribution in [0.25, 0.3) is 11.3 Å². The number of hydrogen-bond acceptors (Lipinski definition) is 7. The van der Waals surface area contributed by atoms with E-state index in [1.54, 1.807) is 0 Å². The van der Waals surface area contributed by atoms with Crippen molar-refractivity contribution in [1.82, 2.24) is 4.98 Å². The van der Waals surface area contributed by atoms with Crippen LogP contribution in [0, 0.1) is 27.4 Å². The van der Waals surface area contributed by atoms with E-state index in [0.717, 1.165) is 24.1 Å². The standard InChI is InChI=1S/C29H37FN4O3S/c1-28(2,3)27-33-25(22-9-6-20(30)16-23(22)24(35)17-29(18-31)10-11-29)26(37-27)19-4-7-21(8-5-19)34-12-14-38(32,36)15-13-34/h4-5,7-8,20,22-23,32H,6,9-17H2,1-3H3/t20-,22+,23+/m0/s1. The van der Waals surface area contributed by atoms with E-state index >= 15 is 0 Å². The van der Waals surface area contributed by atoms with Crippen molar-refractivity contribution in [3.05, 3.63) is 35.9 Å². The van der Waals surface area contributed by atoms with Gasteiger partial charge in [0, 0.05) is 69.2 Å². The average Bonchev–Trinajstić information content (AvgIpc) is 3.49. The number of carbonyl (C=O) groups excluding carboxylic acids is 1. The maximum atomic E-state index is 14.6. The van der Waals surface area contributed by atoms with Gasteiger partial charge in [-0.25, -0.2) is 13.6 Å². The highest BCUT2D eigenvalue weighted by molar-refractivity contribution is 7.92. The Bertz CT molecular complexity index is 1340. The summed E-state index contributed by atoms with van der Waals surface area (Å²) in [6.45, 7) is 7.26. The minimum Gasteiger partial charge on any atom is -0.440 e. The fourth-order valence-electron chi connectivity index (χ4n) is 5.67. The molecule has 0 radical (unpaired) electrons. The number of hydrogen-bond donors (Lipinski definition) is 1. The lowest BCUT2D eigenvalue weighted by Gasteiger charge is -2.32. The number of Topliss-reactive ketones (excluding diaryl/α,β-unsaturated/α-hetero) is 1. The number of halogens is 1. The largest absolute Gasteiger partial charge is 0.440 e. The molecule has 1 aromatic heterocycles. The molecule has 0 unspecified atom stereocenters. The molecule has 38 heavy (non-hydrogen) atoms. The molecule has 1 saturated heterocycles. The summed E-state index contributed by atoms with van der Waals surface area (Å²) in [4.78, 5) is 20.5. The second-order valence-corrected chi connectivity index (χ2v) is 14.8. The number of oxazole rings is 1. The van der Waals surface area contributed by atoms with Crippen LogP contribution in [0.2, 0.25) is 0 Å². The number of nitrogens with zero attached hydrogens (tertiary/aromatic N) is 3. The Kier molecular flexibility index (Phi) is 6.91. The molecule has 3 aliphatic rings. The van der Waals surface area contributed by atoms with Crippen LogP contribution in [0.3, 0.4) is 0 Å². The normalized spacial score (nSPS) is 26.5. The van der Waals surface area contributed by atoms with E-state index in [2.05, 4.69) is 11.0 Å². The zero-order chi connectivity index (χ0) is 27.3. The minimum atomic E-state index is -2.47. The van der Waals surface area contributed by atoms with Crippen molar-refractivity contribution in [1.29, 1.82) is 10.0 Å². The van der Waals surface area contributed by atoms with Gasteiger partial charge in [-0.3, -0.25) is 9.57 Å². The van der Waals surface area contributed by atoms with Crippen molar-refractivity contribution >= 4 is 21.2 Å². The Morgan fingerprint density at radius 2 is 1.89 bits per heavy atom. The molecule has 7 nitrogen and oxygen atoms in total. The molecular formula is C29H37FN4O3S. The van der Waals surface area contributed by atoms with E-state index in [0.29, 0.717) is 54.8 Å². The molecule has 0 amide bonds. The van der Waals surface area contributed by atoms with Crippen LogP contribution in [0.4, 0.5) is 10.1 Å². The van der Waals surface area contributed by atoms with Crippen LogP contribution in [-0.2, 0) is 19.9 Å². The van der Waals surface area contributed by atoms with Crippen LogP contribution in [0.15, 0.2) is 28.7 Å². The van der Waals surface area contributed by atoms with E-state index in [4.69, 9.17) is 14.2 Å². The van der Waals surface area contributed by atoms with E-state index < -0.39 is 27.2 Å². The lowest BCUT2D eigenvalue weighted by atomic mass is 9.72. The molecular weight excluding hydrogens is 503 g/mol. The van der Waals surface area contributed by atoms with Gasteiger partial charge < -0.3 is 9.32 Å². The van der Waals surface area contributed by atoms with Gasteiger partial charge in [-0.1, -0.05) is 20.8 Å². The van der Waals surface area contributed by atoms with Crippen LogP contribution in [-0.4, -0.2) is 45.7 Å². The van der Waals surface area contributed by atoms with Gasteiger partial charge in [-0.2, -0.15) is 5.26 Å². The first kappa shape index (κ1) is 26.9. The zero-order valence-electron chi connectivity index (χ0n) is 22.5. The zero-order valence-corrected chi connectivity index (χ0v) is 23.3. The van der Waals surface area contributed by atoms with Gasteiger partial charge in [-0.15, -0.1) is 0 Å². The first-order valence-corrected chi connectivity index (χ1v) is 15.5. The Labute approximate surface area is 224 Å². The van der Waals surface area contributed by atoms with Crippen LogP contribution < -0.4 is 4.90 Å². The number of nitrogens with one attached hydrogen (secondary N) is 1. The van der Waals surface area contributed by atoms with Crippen molar-refractivity contribution < 1.29 is 17.8 Å². The smallest absolute Gasteiger partial charge is 0.200 e. The summed E-state index contributed by atoms with van der Waals surface area (Å²) in [6, 6.07) is 10.3. The van der Waals surface area contributed by atoms with Crippen LogP contribution in [0.5, 0.6) is 0 Å². The van der Waals surface area contributed by atoms with E-state index in [-0.39, 0.29) is 30.0 Å². The third-order valence-electron chi connectivity index (χ3n) is 8.33. The summed E-state index contributed by atoms with van der Waals surface area (Å²) < 4.78 is 40.9. The lowest BCUT2D eigenvalue weighted by Crippen LogP contribution is -2.39. The topological polar surface area (TPSA) is 111 Å². The molecule has 0 bridgehead atoms. The minimum absolute atomic E-state index is 0.0333. The van der Waals surface area contributed by atoms with Gasteiger partial charge in [0.2, 0.25) is 5.89 Å². The van der Waals surface area contributed by atoms with Crippen molar-refractivity contribution in [3.8, 4) is 17.4 Å². The monoisotopic (exact) mass is 540 g/mol. The summed E-state index contributed by atoms with van der Waals surface area (Å²) >= 11 is 0. The second kappa shape index (κ2) is 9.78. The summed E-state index contributed by atoms with van der Waals surface area (Å²) in [5.74, 6) is 1.13. The van der Waals surface area contributed by atoms with Gasteiger partial charge in [-0.05, 0) is 56.4 Å². The molecule has 0 spiro atoms. The van der Waals surface area contributed by atoms with E-state index in [1.165, 1.54) is 0 Å². The molecule has 1 N–H and O–H groups in total. The van der Waals surface area contributed by atoms with Crippen molar-refractivity contribution in [2.75, 3.05) is 29.5 Å². The molecule has 2 saturated carbocycles. The fraction of sp³-hybridized carbons (Fsp3) is 0.621. The quantitative estimate of drug-likeness (QED) is 0.482. The van der Waals surface area contributed by atoms with Crippen molar-refractivity contribution in [2.45, 2.75) is 76.8 Å². The highest BCUT2D eigenvalue weighted by Gasteiger charge is 2.48. The molecule has 1 aromatic carbocycles. The van der Waals surface area contributed by atoms with Gasteiger partial charge in [0.15, 0.2) is 5.76 Å². The summed E-state index contributed by atoms with van der Waals surface area (Å²) in [6.07, 6.45) is 1.67. The third-order valence-corrected chi connectivity index (χ3v) is 10.0. The Morgan fingerprint density at radius 3 is 2.47 bits per heavy atom. The number of nitriles is 1. The first-order chi connectivity index (χ1) is 17.9. The molecule has 2 aliphatic carbocycles. The highest BCUT2D eigenvalue weighted by Crippen LogP contribution is 2.51. The fourth-order valence-corrected chi connectivity index (χ4v) is 6.90. The number of alkyl halides is 1. The predicted molar refractivity (Wildman–Crippen MR) is 145 cm³/mol. The molecule has 2 aromatic rings. The third kappa shape index (κ3) is 5.51. The van der Waals surface area contributed by atoms with Gasteiger partial charge in [0.05, 0.1) is 17.2 Å². The van der Waals surface area contributed by atoms with Crippen LogP contribution >= 0.6 is 0 Å². The first-order valence-electron chi connectivity index (χ1n) is 13.6. The number of carbonyl (C=O) groups is 1. The summed E-state index contributed by atoms with van der Waals surface area (Å²) in [7, 11) is -2.47. The Balaban J connectivity index is 1.47. The van der Waals surface area contributed by atoms with Crippen molar-refractivity contribution in [3.63, 3.8) is 0 Å². The maximum absolute atomic E-state index is 14.6. The summed E-state index contributed by atoms with van der Waals surface area (Å²) in [5.41, 5.74) is 1.64. The van der Waals surface area contributed by atoms with Crippen molar-refractivity contribution in [2.24, 2.45) is 11.3 Å². The Hall–Kier alpha value is -2.73. The molecule has 1 aliphatic heterocycles. The molecule has 204 valence electrons. The number of benzene rings is 1. The van der Waals surface area contributed by atoms with E-state index in [9.17, 15) is 18.7 Å². The van der Waals surface area contributed by atoms with Crippen LogP contribution in [0.1, 0.15) is 76.8 Å². The SMILES string of the molecule is CC(C)(C)c1nc([C@@H]2CC[C@H](F)C[C@H]2C(=O)CC2(C#N)CC2)c(-c2ccc(N3CCS(=N)(=O)CC3)cc2)o1. The molecule has 3 fully saturated rings.